The van der Waals surface area contributed by atoms with Gasteiger partial charge in [-0.2, -0.15) is 0 Å². The van der Waals surface area contributed by atoms with Gasteiger partial charge in [0, 0.05) is 10.6 Å². The van der Waals surface area contributed by atoms with Gasteiger partial charge in [-0.3, -0.25) is 4.90 Å². The molecule has 8 nitrogen and oxygen atoms in total. The van der Waals surface area contributed by atoms with E-state index in [1.165, 1.54) is 11.3 Å². The minimum absolute atomic E-state index is 0.0348. The second kappa shape index (κ2) is 12.7. The molecule has 1 saturated heterocycles. The van der Waals surface area contributed by atoms with Crippen LogP contribution in [0.15, 0.2) is 36.4 Å². The van der Waals surface area contributed by atoms with Crippen molar-refractivity contribution in [3.8, 4) is 0 Å². The lowest BCUT2D eigenvalue weighted by atomic mass is 10.0. The fraction of sp³-hybridized carbons (Fsp3) is 0.500. The Morgan fingerprint density at radius 2 is 2.03 bits per heavy atom. The van der Waals surface area contributed by atoms with Crippen LogP contribution in [0.5, 0.6) is 0 Å². The first kappa shape index (κ1) is 25.2. The second-order valence-corrected chi connectivity index (χ2v) is 9.01. The van der Waals surface area contributed by atoms with Crippen LogP contribution in [0.25, 0.3) is 0 Å². The van der Waals surface area contributed by atoms with Crippen molar-refractivity contribution in [2.75, 3.05) is 31.3 Å². The monoisotopic (exact) mass is 477 g/mol. The SMILES string of the molecule is CCCCCC(O)c1ccc(N2C(=O)OC[C@@H]2COCc2ccc(C(=O)OCCO)s2)cc1. The third-order valence-corrected chi connectivity index (χ3v) is 6.38. The molecule has 0 aliphatic carbocycles. The molecule has 1 aliphatic heterocycles. The number of esters is 1. The van der Waals surface area contributed by atoms with Crippen LogP contribution in [-0.4, -0.2) is 54.7 Å². The van der Waals surface area contributed by atoms with E-state index in [0.29, 0.717) is 17.2 Å². The molecular weight excluding hydrogens is 446 g/mol. The number of benzene rings is 1. The Bertz CT molecular complexity index is 898. The van der Waals surface area contributed by atoms with Gasteiger partial charge in [-0.25, -0.2) is 9.59 Å². The molecule has 1 fully saturated rings. The summed E-state index contributed by atoms with van der Waals surface area (Å²) in [4.78, 5) is 27.0. The van der Waals surface area contributed by atoms with Crippen molar-refractivity contribution in [3.05, 3.63) is 51.7 Å². The maximum Gasteiger partial charge on any atom is 0.414 e. The van der Waals surface area contributed by atoms with E-state index in [-0.39, 0.29) is 32.5 Å². The van der Waals surface area contributed by atoms with Crippen LogP contribution in [0, 0.1) is 0 Å². The van der Waals surface area contributed by atoms with Gasteiger partial charge in [-0.1, -0.05) is 38.3 Å². The normalized spacial score (nSPS) is 16.6. The smallest absolute Gasteiger partial charge is 0.414 e. The number of cyclic esters (lactones) is 1. The van der Waals surface area contributed by atoms with Crippen molar-refractivity contribution in [2.24, 2.45) is 0 Å². The van der Waals surface area contributed by atoms with Crippen LogP contribution in [0.2, 0.25) is 0 Å². The lowest BCUT2D eigenvalue weighted by molar-refractivity contribution is 0.0439. The molecule has 33 heavy (non-hydrogen) atoms. The van der Waals surface area contributed by atoms with E-state index >= 15 is 0 Å². The van der Waals surface area contributed by atoms with Crippen molar-refractivity contribution < 1.29 is 34.0 Å². The van der Waals surface area contributed by atoms with Crippen molar-refractivity contribution in [1.82, 2.24) is 0 Å². The third-order valence-electron chi connectivity index (χ3n) is 5.34. The van der Waals surface area contributed by atoms with Crippen molar-refractivity contribution >= 4 is 29.1 Å². The number of aliphatic hydroxyl groups is 2. The van der Waals surface area contributed by atoms with Gasteiger partial charge in [-0.05, 0) is 36.2 Å². The molecule has 0 saturated carbocycles. The highest BCUT2D eigenvalue weighted by Gasteiger charge is 2.34. The summed E-state index contributed by atoms with van der Waals surface area (Å²) in [5, 5.41) is 19.1. The van der Waals surface area contributed by atoms with Gasteiger partial charge in [0.05, 0.1) is 32.0 Å². The van der Waals surface area contributed by atoms with Crippen LogP contribution in [0.4, 0.5) is 10.5 Å². The summed E-state index contributed by atoms with van der Waals surface area (Å²) in [5.74, 6) is -0.472. The standard InChI is InChI=1S/C24H31NO7S/c1-2-3-4-5-21(27)17-6-8-18(9-7-17)25-19(15-32-24(25)29)14-30-16-20-10-11-22(33-20)23(28)31-13-12-26/h6-11,19,21,26-27H,2-5,12-16H2,1H3/t19-,21?/m0/s1. The molecule has 2 N–H and O–H groups in total. The molecule has 3 rings (SSSR count). The zero-order valence-electron chi connectivity index (χ0n) is 18.8. The molecule has 1 amide bonds. The lowest BCUT2D eigenvalue weighted by Crippen LogP contribution is -2.36. The number of aliphatic hydroxyl groups excluding tert-OH is 2. The average Bonchev–Trinajstić information content (AvgIpc) is 3.44. The number of anilines is 1. The van der Waals surface area contributed by atoms with Gasteiger partial charge in [-0.15, -0.1) is 11.3 Å². The highest BCUT2D eigenvalue weighted by atomic mass is 32.1. The zero-order chi connectivity index (χ0) is 23.6. The average molecular weight is 478 g/mol. The minimum Gasteiger partial charge on any atom is -0.459 e. The minimum atomic E-state index is -0.508. The van der Waals surface area contributed by atoms with E-state index in [1.807, 2.05) is 24.3 Å². The number of hydrogen-bond donors (Lipinski definition) is 2. The van der Waals surface area contributed by atoms with Crippen LogP contribution < -0.4 is 4.90 Å². The van der Waals surface area contributed by atoms with Gasteiger partial charge in [0.2, 0.25) is 0 Å². The van der Waals surface area contributed by atoms with Crippen LogP contribution in [0.1, 0.15) is 58.8 Å². The Labute approximate surface area is 197 Å². The Kier molecular flexibility index (Phi) is 9.68. The summed E-state index contributed by atoms with van der Waals surface area (Å²) >= 11 is 1.27. The first-order valence-corrected chi connectivity index (χ1v) is 12.0. The van der Waals surface area contributed by atoms with Gasteiger partial charge in [0.1, 0.15) is 18.1 Å². The Hall–Kier alpha value is -2.46. The molecule has 0 bridgehead atoms. The van der Waals surface area contributed by atoms with E-state index in [0.717, 1.165) is 36.1 Å². The Morgan fingerprint density at radius 3 is 2.76 bits per heavy atom. The fourth-order valence-electron chi connectivity index (χ4n) is 3.58. The molecule has 180 valence electrons. The lowest BCUT2D eigenvalue weighted by Gasteiger charge is -2.22. The number of carbonyl (C=O) groups excluding carboxylic acids is 2. The largest absolute Gasteiger partial charge is 0.459 e. The molecule has 1 unspecified atom stereocenters. The summed E-state index contributed by atoms with van der Waals surface area (Å²) in [6, 6.07) is 10.5. The molecular formula is C24H31NO7S. The van der Waals surface area contributed by atoms with Crippen molar-refractivity contribution in [1.29, 1.82) is 0 Å². The number of unbranched alkanes of at least 4 members (excludes halogenated alkanes) is 2. The maximum absolute atomic E-state index is 12.3. The highest BCUT2D eigenvalue weighted by molar-refractivity contribution is 7.13. The van der Waals surface area contributed by atoms with E-state index in [9.17, 15) is 14.7 Å². The molecule has 1 aromatic carbocycles. The third kappa shape index (κ3) is 7.01. The highest BCUT2D eigenvalue weighted by Crippen LogP contribution is 2.27. The van der Waals surface area contributed by atoms with Crippen molar-refractivity contribution in [2.45, 2.75) is 51.4 Å². The number of thiophene rings is 1. The summed E-state index contributed by atoms with van der Waals surface area (Å²) in [5.41, 5.74) is 1.53. The number of hydrogen-bond acceptors (Lipinski definition) is 8. The van der Waals surface area contributed by atoms with Crippen LogP contribution >= 0.6 is 11.3 Å². The first-order valence-electron chi connectivity index (χ1n) is 11.2. The van der Waals surface area contributed by atoms with Crippen LogP contribution in [0.3, 0.4) is 0 Å². The molecule has 0 spiro atoms. The van der Waals surface area contributed by atoms with E-state index in [1.54, 1.807) is 17.0 Å². The molecule has 2 heterocycles. The van der Waals surface area contributed by atoms with Gasteiger partial charge in [0.25, 0.3) is 0 Å². The van der Waals surface area contributed by atoms with E-state index < -0.39 is 18.2 Å². The molecule has 2 atom stereocenters. The summed E-state index contributed by atoms with van der Waals surface area (Å²) in [6.45, 7) is 2.67. The summed E-state index contributed by atoms with van der Waals surface area (Å²) in [6.07, 6.45) is 2.97. The quantitative estimate of drug-likeness (QED) is 0.331. The van der Waals surface area contributed by atoms with Crippen molar-refractivity contribution in [3.63, 3.8) is 0 Å². The van der Waals surface area contributed by atoms with Gasteiger partial charge >= 0.3 is 12.1 Å². The number of nitrogens with zero attached hydrogens (tertiary/aromatic N) is 1. The van der Waals surface area contributed by atoms with E-state index in [4.69, 9.17) is 19.3 Å². The number of ether oxygens (including phenoxy) is 3. The number of amides is 1. The summed E-state index contributed by atoms with van der Waals surface area (Å²) in [7, 11) is 0. The molecule has 0 radical (unpaired) electrons. The number of carbonyl (C=O) groups is 2. The predicted octanol–water partition coefficient (Wildman–Crippen LogP) is 4.05. The Morgan fingerprint density at radius 1 is 1.24 bits per heavy atom. The first-order chi connectivity index (χ1) is 16.0. The molecule has 2 aromatic rings. The second-order valence-electron chi connectivity index (χ2n) is 7.84. The predicted molar refractivity (Wildman–Crippen MR) is 125 cm³/mol. The number of rotatable bonds is 13. The Balaban J connectivity index is 1.53. The zero-order valence-corrected chi connectivity index (χ0v) is 19.6. The molecule has 9 heteroatoms. The topological polar surface area (TPSA) is 106 Å². The maximum atomic E-state index is 12.3. The summed E-state index contributed by atoms with van der Waals surface area (Å²) < 4.78 is 15.9. The molecule has 1 aromatic heterocycles. The van der Waals surface area contributed by atoms with Gasteiger partial charge in [0.15, 0.2) is 0 Å². The fourth-order valence-corrected chi connectivity index (χ4v) is 4.42. The van der Waals surface area contributed by atoms with Crippen LogP contribution in [-0.2, 0) is 20.8 Å². The van der Waals surface area contributed by atoms with Gasteiger partial charge < -0.3 is 24.4 Å². The molecule has 1 aliphatic rings. The van der Waals surface area contributed by atoms with E-state index in [2.05, 4.69) is 6.92 Å².